The van der Waals surface area contributed by atoms with Crippen molar-refractivity contribution in [2.24, 2.45) is 0 Å². The molecule has 0 aliphatic carbocycles. The van der Waals surface area contributed by atoms with Gasteiger partial charge in [-0.1, -0.05) is 18.2 Å². The molecule has 2 heterocycles. The molecule has 1 atom stereocenters. The molecule has 1 unspecified atom stereocenters. The van der Waals surface area contributed by atoms with E-state index in [-0.39, 0.29) is 16.5 Å². The van der Waals surface area contributed by atoms with Gasteiger partial charge in [0.1, 0.15) is 24.4 Å². The Hall–Kier alpha value is -2.67. The van der Waals surface area contributed by atoms with Crippen molar-refractivity contribution in [3.63, 3.8) is 0 Å². The lowest BCUT2D eigenvalue weighted by Gasteiger charge is -2.32. The number of quaternary nitrogens is 1. The standard InChI is InChI=1S/C19H24N4O3/c1-13(24)20-10-16-15-11-23(12-17(15)22-21-16,14-8-6-5-7-9-14)18(25)26-19(2,3)4/h5-9H,10-12H2,1-4H3,(H-,20,21,22,24)/p+1. The smallest absolute Gasteiger partial charge is 0.414 e. The van der Waals surface area contributed by atoms with Crippen LogP contribution in [0.1, 0.15) is 44.6 Å². The number of aromatic nitrogens is 2. The van der Waals surface area contributed by atoms with E-state index in [0.717, 1.165) is 22.6 Å². The molecule has 2 aromatic rings. The van der Waals surface area contributed by atoms with Gasteiger partial charge in [0.25, 0.3) is 0 Å². The fourth-order valence-corrected chi connectivity index (χ4v) is 3.19. The number of rotatable bonds is 3. The van der Waals surface area contributed by atoms with E-state index in [0.29, 0.717) is 19.6 Å². The van der Waals surface area contributed by atoms with E-state index >= 15 is 0 Å². The van der Waals surface area contributed by atoms with Crippen LogP contribution in [0.2, 0.25) is 0 Å². The summed E-state index contributed by atoms with van der Waals surface area (Å²) in [6, 6.07) is 9.65. The number of hydrogen-bond acceptors (Lipinski definition) is 4. The van der Waals surface area contributed by atoms with Gasteiger partial charge in [-0.2, -0.15) is 14.4 Å². The third-order valence-electron chi connectivity index (χ3n) is 4.39. The lowest BCUT2D eigenvalue weighted by molar-refractivity contribution is -0.119. The zero-order valence-electron chi connectivity index (χ0n) is 15.6. The number of carbonyl (C=O) groups is 2. The number of nitrogens with zero attached hydrogens (tertiary/aromatic N) is 2. The van der Waals surface area contributed by atoms with E-state index < -0.39 is 5.60 Å². The van der Waals surface area contributed by atoms with Crippen LogP contribution in [0.4, 0.5) is 10.5 Å². The van der Waals surface area contributed by atoms with Crippen LogP contribution < -0.4 is 9.80 Å². The van der Waals surface area contributed by atoms with Gasteiger partial charge in [-0.05, 0) is 32.9 Å². The molecule has 2 N–H and O–H groups in total. The summed E-state index contributed by atoms with van der Waals surface area (Å²) in [6.07, 6.45) is -0.293. The zero-order valence-corrected chi connectivity index (χ0v) is 15.6. The quantitative estimate of drug-likeness (QED) is 0.827. The minimum Gasteiger partial charge on any atom is -0.414 e. The van der Waals surface area contributed by atoms with Gasteiger partial charge in [-0.15, -0.1) is 0 Å². The van der Waals surface area contributed by atoms with E-state index in [1.165, 1.54) is 6.92 Å². The number of ether oxygens (including phenoxy) is 1. The van der Waals surface area contributed by atoms with Gasteiger partial charge in [0.15, 0.2) is 0 Å². The topological polar surface area (TPSA) is 84.1 Å². The van der Waals surface area contributed by atoms with Crippen molar-refractivity contribution in [3.05, 3.63) is 47.3 Å². The highest BCUT2D eigenvalue weighted by atomic mass is 16.6. The monoisotopic (exact) mass is 357 g/mol. The second-order valence-electron chi connectivity index (χ2n) is 7.64. The molecule has 7 heteroatoms. The molecular formula is C19H25N4O3+. The number of aromatic amines is 1. The minimum atomic E-state index is -0.579. The van der Waals surface area contributed by atoms with Crippen molar-refractivity contribution < 1.29 is 14.3 Å². The number of benzene rings is 1. The van der Waals surface area contributed by atoms with Gasteiger partial charge in [0, 0.05) is 6.92 Å². The van der Waals surface area contributed by atoms with Crippen LogP contribution >= 0.6 is 0 Å². The minimum absolute atomic E-state index is 0.0505. The second-order valence-corrected chi connectivity index (χ2v) is 7.64. The van der Waals surface area contributed by atoms with Crippen LogP contribution in [0.3, 0.4) is 0 Å². The van der Waals surface area contributed by atoms with Crippen LogP contribution in [0.5, 0.6) is 0 Å². The number of hydrogen-bond donors (Lipinski definition) is 2. The Balaban J connectivity index is 1.96. The van der Waals surface area contributed by atoms with Gasteiger partial charge >= 0.3 is 6.09 Å². The van der Waals surface area contributed by atoms with E-state index in [9.17, 15) is 9.59 Å². The summed E-state index contributed by atoms with van der Waals surface area (Å²) in [5, 5.41) is 10.1. The first-order valence-electron chi connectivity index (χ1n) is 8.67. The first kappa shape index (κ1) is 18.1. The summed E-state index contributed by atoms with van der Waals surface area (Å²) in [7, 11) is 0. The first-order valence-corrected chi connectivity index (χ1v) is 8.67. The average Bonchev–Trinajstić information content (AvgIpc) is 3.11. The summed E-state index contributed by atoms with van der Waals surface area (Å²) in [4.78, 5) is 24.4. The van der Waals surface area contributed by atoms with Crippen molar-refractivity contribution in [1.29, 1.82) is 0 Å². The predicted octanol–water partition coefficient (Wildman–Crippen LogP) is 3.00. The zero-order chi connectivity index (χ0) is 18.9. The number of amides is 2. The van der Waals surface area contributed by atoms with Crippen LogP contribution in [0, 0.1) is 0 Å². The Kier molecular flexibility index (Phi) is 4.58. The number of carbonyl (C=O) groups excluding carboxylic acids is 2. The molecule has 1 aliphatic heterocycles. The average molecular weight is 357 g/mol. The summed E-state index contributed by atoms with van der Waals surface area (Å²) in [6.45, 7) is 8.30. The molecule has 0 bridgehead atoms. The normalized spacial score (nSPS) is 19.1. The summed E-state index contributed by atoms with van der Waals surface area (Å²) < 4.78 is 5.80. The lowest BCUT2D eigenvalue weighted by Crippen LogP contribution is -2.52. The molecule has 0 spiro atoms. The first-order chi connectivity index (χ1) is 12.2. The Morgan fingerprint density at radius 2 is 1.92 bits per heavy atom. The van der Waals surface area contributed by atoms with Gasteiger partial charge in [-0.3, -0.25) is 9.89 Å². The second kappa shape index (κ2) is 6.57. The highest BCUT2D eigenvalue weighted by molar-refractivity contribution is 5.84. The lowest BCUT2D eigenvalue weighted by atomic mass is 10.2. The predicted molar refractivity (Wildman–Crippen MR) is 98.0 cm³/mol. The van der Waals surface area contributed by atoms with Crippen molar-refractivity contribution in [2.45, 2.75) is 52.9 Å². The highest BCUT2D eigenvalue weighted by Gasteiger charge is 2.50. The Morgan fingerprint density at radius 1 is 1.23 bits per heavy atom. The SMILES string of the molecule is CC(=O)NCc1n[nH]c2c1C[N+](C(=O)OC(C)(C)C)(c1ccccc1)C2. The summed E-state index contributed by atoms with van der Waals surface area (Å²) >= 11 is 0. The maximum Gasteiger partial charge on any atom is 0.522 e. The molecule has 3 rings (SSSR count). The maximum absolute atomic E-state index is 13.2. The largest absolute Gasteiger partial charge is 0.522 e. The molecule has 2 amide bonds. The number of nitrogens with one attached hydrogen (secondary N) is 2. The van der Waals surface area contributed by atoms with Crippen molar-refractivity contribution in [3.8, 4) is 0 Å². The van der Waals surface area contributed by atoms with Crippen LogP contribution in [-0.2, 0) is 29.2 Å². The molecule has 1 aromatic heterocycles. The Morgan fingerprint density at radius 3 is 2.54 bits per heavy atom. The van der Waals surface area contributed by atoms with Gasteiger partial charge in [0.05, 0.1) is 23.5 Å². The number of para-hydroxylation sites is 1. The molecule has 26 heavy (non-hydrogen) atoms. The van der Waals surface area contributed by atoms with Gasteiger partial charge in [-0.25, -0.2) is 0 Å². The van der Waals surface area contributed by atoms with E-state index in [2.05, 4.69) is 15.5 Å². The number of H-pyrrole nitrogens is 1. The molecule has 138 valence electrons. The van der Waals surface area contributed by atoms with Gasteiger partial charge < -0.3 is 10.1 Å². The van der Waals surface area contributed by atoms with Gasteiger partial charge in [0.2, 0.25) is 5.91 Å². The molecule has 7 nitrogen and oxygen atoms in total. The molecule has 1 aromatic carbocycles. The Labute approximate surface area is 152 Å². The molecule has 0 fully saturated rings. The molecule has 0 saturated carbocycles. The molecule has 0 saturated heterocycles. The Bertz CT molecular complexity index is 823. The van der Waals surface area contributed by atoms with Crippen LogP contribution in [-0.4, -0.2) is 27.8 Å². The van der Waals surface area contributed by atoms with Crippen molar-refractivity contribution >= 4 is 17.7 Å². The third-order valence-corrected chi connectivity index (χ3v) is 4.39. The summed E-state index contributed by atoms with van der Waals surface area (Å²) in [5.41, 5.74) is 2.92. The molecule has 1 aliphatic rings. The van der Waals surface area contributed by atoms with E-state index in [1.807, 2.05) is 51.1 Å². The number of fused-ring (bicyclic) bond motifs is 1. The van der Waals surface area contributed by atoms with Crippen molar-refractivity contribution in [2.75, 3.05) is 0 Å². The molecule has 0 radical (unpaired) electrons. The van der Waals surface area contributed by atoms with Crippen LogP contribution in [0.25, 0.3) is 0 Å². The third kappa shape index (κ3) is 3.48. The maximum atomic E-state index is 13.2. The highest BCUT2D eigenvalue weighted by Crippen LogP contribution is 2.38. The van der Waals surface area contributed by atoms with Crippen LogP contribution in [0.15, 0.2) is 30.3 Å². The summed E-state index contributed by atoms with van der Waals surface area (Å²) in [5.74, 6) is -0.115. The molecular weight excluding hydrogens is 332 g/mol. The van der Waals surface area contributed by atoms with Crippen molar-refractivity contribution in [1.82, 2.24) is 20.0 Å². The van der Waals surface area contributed by atoms with E-state index in [4.69, 9.17) is 4.74 Å². The van der Waals surface area contributed by atoms with E-state index in [1.54, 1.807) is 0 Å². The fraction of sp³-hybridized carbons (Fsp3) is 0.421. The fourth-order valence-electron chi connectivity index (χ4n) is 3.19.